The van der Waals surface area contributed by atoms with Crippen LogP contribution in [0.5, 0.6) is 11.5 Å². The summed E-state index contributed by atoms with van der Waals surface area (Å²) in [5.41, 5.74) is 1.66. The zero-order valence-electron chi connectivity index (χ0n) is 13.2. The molecule has 0 saturated heterocycles. The van der Waals surface area contributed by atoms with Crippen LogP contribution in [-0.2, 0) is 6.54 Å². The fraction of sp³-hybridized carbons (Fsp3) is 0.235. The molecule has 0 aliphatic rings. The van der Waals surface area contributed by atoms with E-state index in [0.717, 1.165) is 10.0 Å². The summed E-state index contributed by atoms with van der Waals surface area (Å²) >= 11 is 9.58. The highest BCUT2D eigenvalue weighted by atomic mass is 79.9. The van der Waals surface area contributed by atoms with Gasteiger partial charge < -0.3 is 19.9 Å². The van der Waals surface area contributed by atoms with Crippen LogP contribution in [0.15, 0.2) is 34.8 Å². The van der Waals surface area contributed by atoms with Crippen LogP contribution in [0.3, 0.4) is 0 Å². The maximum Gasteiger partial charge on any atom is 0.335 e. The molecule has 2 N–H and O–H groups in total. The van der Waals surface area contributed by atoms with Crippen molar-refractivity contribution in [2.75, 3.05) is 19.0 Å². The first-order chi connectivity index (χ1) is 11.5. The van der Waals surface area contributed by atoms with Gasteiger partial charge in [0, 0.05) is 6.54 Å². The largest absolute Gasteiger partial charge is 0.492 e. The van der Waals surface area contributed by atoms with Crippen LogP contribution in [0, 0.1) is 0 Å². The number of hydrogen-bond acceptors (Lipinski definition) is 4. The van der Waals surface area contributed by atoms with E-state index in [4.69, 9.17) is 26.2 Å². The standard InChI is InChI=1S/C17H17BrClNO4/c1-3-24-15-7-10(6-12(18)16(15)23-2)9-20-14-8-11(17(21)22)4-5-13(14)19/h4-8,20H,3,9H2,1-2H3,(H,21,22). The van der Waals surface area contributed by atoms with Crippen molar-refractivity contribution in [3.63, 3.8) is 0 Å². The third-order valence-electron chi connectivity index (χ3n) is 3.27. The Bertz CT molecular complexity index is 752. The molecular weight excluding hydrogens is 398 g/mol. The van der Waals surface area contributed by atoms with Crippen molar-refractivity contribution >= 4 is 39.2 Å². The molecule has 0 aliphatic heterocycles. The Hall–Kier alpha value is -1.92. The molecule has 0 saturated carbocycles. The molecule has 2 aromatic rings. The molecule has 0 aromatic heterocycles. The molecule has 0 unspecified atom stereocenters. The average molecular weight is 415 g/mol. The number of nitrogens with one attached hydrogen (secondary N) is 1. The average Bonchev–Trinajstić information content (AvgIpc) is 2.54. The van der Waals surface area contributed by atoms with Gasteiger partial charge in [-0.1, -0.05) is 11.6 Å². The van der Waals surface area contributed by atoms with Gasteiger partial charge in [0.2, 0.25) is 0 Å². The predicted octanol–water partition coefficient (Wildman–Crippen LogP) is 4.82. The van der Waals surface area contributed by atoms with Crippen molar-refractivity contribution in [1.82, 2.24) is 0 Å². The van der Waals surface area contributed by atoms with Gasteiger partial charge in [-0.15, -0.1) is 0 Å². The zero-order chi connectivity index (χ0) is 17.7. The third-order valence-corrected chi connectivity index (χ3v) is 4.19. The fourth-order valence-electron chi connectivity index (χ4n) is 2.18. The second kappa shape index (κ2) is 8.26. The molecule has 2 aromatic carbocycles. The quantitative estimate of drug-likeness (QED) is 0.680. The van der Waals surface area contributed by atoms with Crippen molar-refractivity contribution in [2.45, 2.75) is 13.5 Å². The summed E-state index contributed by atoms with van der Waals surface area (Å²) in [5.74, 6) is 0.267. The zero-order valence-corrected chi connectivity index (χ0v) is 15.6. The Kier molecular flexibility index (Phi) is 6.34. The van der Waals surface area contributed by atoms with Gasteiger partial charge in [0.15, 0.2) is 11.5 Å². The van der Waals surface area contributed by atoms with E-state index < -0.39 is 5.97 Å². The molecule has 0 amide bonds. The summed E-state index contributed by atoms with van der Waals surface area (Å²) in [7, 11) is 1.58. The Morgan fingerprint density at radius 2 is 2.08 bits per heavy atom. The summed E-state index contributed by atoms with van der Waals surface area (Å²) < 4.78 is 11.7. The topological polar surface area (TPSA) is 67.8 Å². The Morgan fingerprint density at radius 3 is 2.71 bits per heavy atom. The molecule has 5 nitrogen and oxygen atoms in total. The molecule has 24 heavy (non-hydrogen) atoms. The first kappa shape index (κ1) is 18.4. The number of hydrogen-bond donors (Lipinski definition) is 2. The molecule has 128 valence electrons. The van der Waals surface area contributed by atoms with Crippen LogP contribution in [0.4, 0.5) is 5.69 Å². The van der Waals surface area contributed by atoms with Crippen LogP contribution in [-0.4, -0.2) is 24.8 Å². The summed E-state index contributed by atoms with van der Waals surface area (Å²) in [6, 6.07) is 8.31. The van der Waals surface area contributed by atoms with E-state index in [2.05, 4.69) is 21.2 Å². The van der Waals surface area contributed by atoms with E-state index in [0.29, 0.717) is 35.4 Å². The van der Waals surface area contributed by atoms with E-state index >= 15 is 0 Å². The lowest BCUT2D eigenvalue weighted by Gasteiger charge is -2.14. The molecule has 0 fully saturated rings. The van der Waals surface area contributed by atoms with Crippen molar-refractivity contribution in [2.24, 2.45) is 0 Å². The fourth-order valence-corrected chi connectivity index (χ4v) is 3.01. The maximum atomic E-state index is 11.1. The molecule has 0 atom stereocenters. The van der Waals surface area contributed by atoms with E-state index in [1.165, 1.54) is 12.1 Å². The summed E-state index contributed by atoms with van der Waals surface area (Å²) in [5, 5.41) is 12.7. The third kappa shape index (κ3) is 4.33. The second-order valence-corrected chi connectivity index (χ2v) is 6.16. The molecule has 0 aliphatic carbocycles. The van der Waals surface area contributed by atoms with Crippen molar-refractivity contribution in [1.29, 1.82) is 0 Å². The predicted molar refractivity (Wildman–Crippen MR) is 97.6 cm³/mol. The molecular formula is C17H17BrClNO4. The number of methoxy groups -OCH3 is 1. The van der Waals surface area contributed by atoms with Crippen molar-refractivity contribution < 1.29 is 19.4 Å². The van der Waals surface area contributed by atoms with Gasteiger partial charge in [-0.25, -0.2) is 4.79 Å². The number of aromatic carboxylic acids is 1. The van der Waals surface area contributed by atoms with Gasteiger partial charge in [0.1, 0.15) is 0 Å². The van der Waals surface area contributed by atoms with Crippen molar-refractivity contribution in [3.05, 3.63) is 51.0 Å². The molecule has 0 bridgehead atoms. The minimum Gasteiger partial charge on any atom is -0.492 e. The number of benzene rings is 2. The highest BCUT2D eigenvalue weighted by Gasteiger charge is 2.12. The molecule has 7 heteroatoms. The Morgan fingerprint density at radius 1 is 1.33 bits per heavy atom. The van der Waals surface area contributed by atoms with Gasteiger partial charge in [-0.3, -0.25) is 0 Å². The number of halogens is 2. The SMILES string of the molecule is CCOc1cc(CNc2cc(C(=O)O)ccc2Cl)cc(Br)c1OC. The van der Waals surface area contributed by atoms with E-state index in [1.807, 2.05) is 19.1 Å². The first-order valence-corrected chi connectivity index (χ1v) is 8.39. The molecule has 0 radical (unpaired) electrons. The van der Waals surface area contributed by atoms with Gasteiger partial charge in [-0.05, 0) is 58.7 Å². The molecule has 0 heterocycles. The van der Waals surface area contributed by atoms with Gasteiger partial charge in [0.25, 0.3) is 0 Å². The maximum absolute atomic E-state index is 11.1. The lowest BCUT2D eigenvalue weighted by Crippen LogP contribution is -2.04. The number of carboxylic acid groups (broad SMARTS) is 1. The molecule has 0 spiro atoms. The van der Waals surface area contributed by atoms with Gasteiger partial charge in [0.05, 0.1) is 34.5 Å². The lowest BCUT2D eigenvalue weighted by atomic mass is 10.1. The van der Waals surface area contributed by atoms with Crippen LogP contribution >= 0.6 is 27.5 Å². The van der Waals surface area contributed by atoms with E-state index in [1.54, 1.807) is 13.2 Å². The summed E-state index contributed by atoms with van der Waals surface area (Å²) in [4.78, 5) is 11.1. The summed E-state index contributed by atoms with van der Waals surface area (Å²) in [6.45, 7) is 2.87. The lowest BCUT2D eigenvalue weighted by molar-refractivity contribution is 0.0697. The number of carboxylic acids is 1. The normalized spacial score (nSPS) is 10.3. The van der Waals surface area contributed by atoms with E-state index in [9.17, 15) is 4.79 Å². The Labute approximate surface area is 153 Å². The minimum atomic E-state index is -0.999. The Balaban J connectivity index is 2.23. The summed E-state index contributed by atoms with van der Waals surface area (Å²) in [6.07, 6.45) is 0. The van der Waals surface area contributed by atoms with E-state index in [-0.39, 0.29) is 5.56 Å². The smallest absolute Gasteiger partial charge is 0.335 e. The number of anilines is 1. The number of ether oxygens (including phenoxy) is 2. The first-order valence-electron chi connectivity index (χ1n) is 7.22. The minimum absolute atomic E-state index is 0.174. The number of carbonyl (C=O) groups is 1. The van der Waals surface area contributed by atoms with Crippen LogP contribution in [0.2, 0.25) is 5.02 Å². The monoisotopic (exact) mass is 413 g/mol. The van der Waals surface area contributed by atoms with Crippen LogP contribution in [0.1, 0.15) is 22.8 Å². The molecule has 2 rings (SSSR count). The van der Waals surface area contributed by atoms with Gasteiger partial charge >= 0.3 is 5.97 Å². The highest BCUT2D eigenvalue weighted by molar-refractivity contribution is 9.10. The van der Waals surface area contributed by atoms with Crippen LogP contribution < -0.4 is 14.8 Å². The van der Waals surface area contributed by atoms with Crippen LogP contribution in [0.25, 0.3) is 0 Å². The highest BCUT2D eigenvalue weighted by Crippen LogP contribution is 2.37. The second-order valence-electron chi connectivity index (χ2n) is 4.90. The van der Waals surface area contributed by atoms with Gasteiger partial charge in [-0.2, -0.15) is 0 Å². The number of rotatable bonds is 7. The van der Waals surface area contributed by atoms with Crippen molar-refractivity contribution in [3.8, 4) is 11.5 Å².